The monoisotopic (exact) mass is 496 g/mol. The molecule has 3 rings (SSSR count). The van der Waals surface area contributed by atoms with E-state index >= 15 is 0 Å². The fourth-order valence-corrected chi connectivity index (χ4v) is 7.08. The summed E-state index contributed by atoms with van der Waals surface area (Å²) in [4.78, 5) is 26.9. The van der Waals surface area contributed by atoms with Gasteiger partial charge in [-0.1, -0.05) is 13.8 Å². The highest BCUT2D eigenvalue weighted by atomic mass is 35.5. The minimum absolute atomic E-state index is 0.0772. The van der Waals surface area contributed by atoms with E-state index in [9.17, 15) is 14.9 Å². The molecule has 6 nitrogen and oxygen atoms in total. The van der Waals surface area contributed by atoms with Crippen LogP contribution < -0.4 is 4.74 Å². The Morgan fingerprint density at radius 3 is 2.56 bits per heavy atom. The van der Waals surface area contributed by atoms with Crippen molar-refractivity contribution in [3.05, 3.63) is 45.5 Å². The summed E-state index contributed by atoms with van der Waals surface area (Å²) in [5.74, 6) is 2.71. The Kier molecular flexibility index (Phi) is 8.96. The number of nitrogens with zero attached hydrogens (tertiary/aromatic N) is 2. The molecule has 32 heavy (non-hydrogen) atoms. The predicted octanol–water partition coefficient (Wildman–Crippen LogP) is 6.11. The largest absolute Gasteiger partial charge is 0.492 e. The number of benzene rings is 2. The van der Waals surface area contributed by atoms with Crippen molar-refractivity contribution in [3.8, 4) is 5.75 Å². The third kappa shape index (κ3) is 5.46. The van der Waals surface area contributed by atoms with Gasteiger partial charge in [-0.2, -0.15) is 0 Å². The molecule has 1 aliphatic rings. The van der Waals surface area contributed by atoms with Crippen molar-refractivity contribution in [2.24, 2.45) is 0 Å². The Balaban J connectivity index is 2.02. The number of nitro groups is 1. The number of likely N-dealkylation sites (tertiary alicyclic amines) is 1. The summed E-state index contributed by atoms with van der Waals surface area (Å²) in [5.41, 5.74) is 0.861. The van der Waals surface area contributed by atoms with E-state index in [2.05, 4.69) is 13.8 Å². The smallest absolute Gasteiger partial charge is 0.282 e. The summed E-state index contributed by atoms with van der Waals surface area (Å²) in [7, 11) is 0. The lowest BCUT2D eigenvalue weighted by Crippen LogP contribution is -2.41. The number of aryl methyl sites for hydroxylation is 1. The van der Waals surface area contributed by atoms with Crippen LogP contribution in [-0.2, 0) is 0 Å². The van der Waals surface area contributed by atoms with Gasteiger partial charge in [0.2, 0.25) is 0 Å². The van der Waals surface area contributed by atoms with Gasteiger partial charge in [0.05, 0.1) is 21.4 Å². The second kappa shape index (κ2) is 11.5. The second-order valence-corrected chi connectivity index (χ2v) is 11.1. The number of hydrogen-bond donors (Lipinski definition) is 0. The van der Waals surface area contributed by atoms with Gasteiger partial charge in [-0.05, 0) is 65.8 Å². The van der Waals surface area contributed by atoms with Crippen molar-refractivity contribution in [2.75, 3.05) is 30.5 Å². The number of alkyl halides is 1. The van der Waals surface area contributed by atoms with Crippen LogP contribution in [0.4, 0.5) is 5.69 Å². The zero-order chi connectivity index (χ0) is 23.3. The topological polar surface area (TPSA) is 72.7 Å². The number of hydrogen-bond acceptors (Lipinski definition) is 6. The number of carbonyl (C=O) groups is 1. The van der Waals surface area contributed by atoms with E-state index < -0.39 is 4.92 Å². The highest BCUT2D eigenvalue weighted by Gasteiger charge is 2.37. The number of halogens is 1. The Hall–Kier alpha value is -1.64. The Bertz CT molecular complexity index is 982. The molecular formula is C23H29ClN2O4S2. The van der Waals surface area contributed by atoms with E-state index in [0.29, 0.717) is 30.2 Å². The Morgan fingerprint density at radius 1 is 1.25 bits per heavy atom. The molecule has 0 N–H and O–H groups in total. The number of fused-ring (bicyclic) bond motifs is 1. The van der Waals surface area contributed by atoms with Crippen LogP contribution in [0, 0.1) is 17.0 Å². The number of thioether (sulfide) groups is 2. The molecule has 1 fully saturated rings. The van der Waals surface area contributed by atoms with E-state index in [1.54, 1.807) is 6.07 Å². The first-order valence-corrected chi connectivity index (χ1v) is 13.5. The van der Waals surface area contributed by atoms with Gasteiger partial charge in [0.25, 0.3) is 11.6 Å². The average molecular weight is 497 g/mol. The summed E-state index contributed by atoms with van der Waals surface area (Å²) in [6, 6.07) is 6.92. The third-order valence-corrected chi connectivity index (χ3v) is 8.47. The normalized spacial score (nSPS) is 16.2. The lowest BCUT2D eigenvalue weighted by molar-refractivity contribution is -0.385. The zero-order valence-corrected chi connectivity index (χ0v) is 21.0. The molecule has 0 aromatic heterocycles. The van der Waals surface area contributed by atoms with Gasteiger partial charge in [-0.15, -0.1) is 35.1 Å². The van der Waals surface area contributed by atoms with Gasteiger partial charge < -0.3 is 9.64 Å². The number of amides is 1. The lowest BCUT2D eigenvalue weighted by atomic mass is 10.0. The summed E-state index contributed by atoms with van der Waals surface area (Å²) in [5, 5.41) is 13.3. The summed E-state index contributed by atoms with van der Waals surface area (Å²) >= 11 is 9.44. The molecule has 1 amide bonds. The molecule has 0 aliphatic carbocycles. The molecule has 9 heteroatoms. The molecule has 0 saturated carbocycles. The molecule has 0 unspecified atom stereocenters. The van der Waals surface area contributed by atoms with Crippen molar-refractivity contribution in [2.45, 2.75) is 44.2 Å². The van der Waals surface area contributed by atoms with Crippen LogP contribution in [0.2, 0.25) is 0 Å². The van der Waals surface area contributed by atoms with Crippen LogP contribution in [0.5, 0.6) is 5.75 Å². The number of rotatable bonds is 10. The zero-order valence-electron chi connectivity index (χ0n) is 18.6. The maximum absolute atomic E-state index is 13.6. The van der Waals surface area contributed by atoms with E-state index in [-0.39, 0.29) is 27.8 Å². The van der Waals surface area contributed by atoms with E-state index in [0.717, 1.165) is 35.3 Å². The SMILES string of the molecule is CCSC(SCC)[C@@H]1CCCN1C(=O)c1cc2cc(OCCCl)c(C)cc2cc1[N+](=O)[O-]. The van der Waals surface area contributed by atoms with Gasteiger partial charge in [-0.3, -0.25) is 14.9 Å². The average Bonchev–Trinajstić information content (AvgIpc) is 3.26. The van der Waals surface area contributed by atoms with E-state index in [4.69, 9.17) is 16.3 Å². The van der Waals surface area contributed by atoms with Crippen molar-refractivity contribution in [3.63, 3.8) is 0 Å². The van der Waals surface area contributed by atoms with E-state index in [1.807, 2.05) is 47.5 Å². The molecule has 1 saturated heterocycles. The van der Waals surface area contributed by atoms with Crippen molar-refractivity contribution in [1.29, 1.82) is 0 Å². The molecule has 1 heterocycles. The molecule has 2 aromatic rings. The van der Waals surface area contributed by atoms with E-state index in [1.165, 1.54) is 6.07 Å². The Morgan fingerprint density at radius 2 is 1.94 bits per heavy atom. The minimum Gasteiger partial charge on any atom is -0.492 e. The third-order valence-electron chi connectivity index (χ3n) is 5.55. The van der Waals surface area contributed by atoms with Crippen molar-refractivity contribution in [1.82, 2.24) is 4.90 Å². The summed E-state index contributed by atoms with van der Waals surface area (Å²) < 4.78 is 5.98. The summed E-state index contributed by atoms with van der Waals surface area (Å²) in [6.07, 6.45) is 1.84. The molecule has 2 aromatic carbocycles. The van der Waals surface area contributed by atoms with Crippen LogP contribution in [0.3, 0.4) is 0 Å². The highest BCUT2D eigenvalue weighted by molar-refractivity contribution is 8.17. The molecule has 1 atom stereocenters. The Labute approximate surface area is 202 Å². The van der Waals surface area contributed by atoms with Gasteiger partial charge in [-0.25, -0.2) is 0 Å². The fraction of sp³-hybridized carbons (Fsp3) is 0.522. The minimum atomic E-state index is -0.454. The van der Waals surface area contributed by atoms with Crippen LogP contribution in [0.25, 0.3) is 10.8 Å². The maximum Gasteiger partial charge on any atom is 0.282 e. The lowest BCUT2D eigenvalue weighted by Gasteiger charge is -2.31. The molecule has 0 radical (unpaired) electrons. The quantitative estimate of drug-likeness (QED) is 0.171. The number of carbonyl (C=O) groups excluding carboxylic acids is 1. The predicted molar refractivity (Wildman–Crippen MR) is 136 cm³/mol. The maximum atomic E-state index is 13.6. The van der Waals surface area contributed by atoms with Gasteiger partial charge in [0, 0.05) is 12.6 Å². The first kappa shape index (κ1) is 25.0. The van der Waals surface area contributed by atoms with Crippen molar-refractivity contribution >= 4 is 57.5 Å². The molecular weight excluding hydrogens is 468 g/mol. The number of ether oxygens (including phenoxy) is 1. The standard InChI is InChI=1S/C23H29ClN2O4S2/c1-4-31-23(32-5-2)19-7-6-9-25(19)22(27)18-12-17-14-21(30-10-8-24)15(3)11-16(17)13-20(18)26(28)29/h11-14,19,23H,4-10H2,1-3H3/t19-/m0/s1. The molecule has 0 spiro atoms. The fourth-order valence-electron chi connectivity index (χ4n) is 4.14. The van der Waals surface area contributed by atoms with Crippen LogP contribution in [-0.4, -0.2) is 56.9 Å². The first-order valence-electron chi connectivity index (χ1n) is 10.9. The second-order valence-electron chi connectivity index (χ2n) is 7.62. The van der Waals surface area contributed by atoms with Crippen LogP contribution in [0.15, 0.2) is 24.3 Å². The summed E-state index contributed by atoms with van der Waals surface area (Å²) in [6.45, 7) is 7.12. The molecule has 174 valence electrons. The van der Waals surface area contributed by atoms with Crippen molar-refractivity contribution < 1.29 is 14.5 Å². The first-order chi connectivity index (χ1) is 15.4. The highest BCUT2D eigenvalue weighted by Crippen LogP contribution is 2.37. The van der Waals surface area contributed by atoms with Crippen LogP contribution in [0.1, 0.15) is 42.6 Å². The van der Waals surface area contributed by atoms with Crippen LogP contribution >= 0.6 is 35.1 Å². The molecule has 0 bridgehead atoms. The van der Waals surface area contributed by atoms with Gasteiger partial charge in [0.1, 0.15) is 17.9 Å². The van der Waals surface area contributed by atoms with Gasteiger partial charge in [0.15, 0.2) is 0 Å². The van der Waals surface area contributed by atoms with Gasteiger partial charge >= 0.3 is 0 Å². The molecule has 1 aliphatic heterocycles. The number of nitro benzene ring substituents is 1.